The minimum atomic E-state index is -1.32. The summed E-state index contributed by atoms with van der Waals surface area (Å²) in [6, 6.07) is -2.15. The smallest absolute Gasteiger partial charge is 0.330 e. The normalized spacial score (nSPS) is 13.4. The summed E-state index contributed by atoms with van der Waals surface area (Å²) in [6.45, 7) is 3.42. The topological polar surface area (TPSA) is 148 Å². The van der Waals surface area contributed by atoms with E-state index in [1.54, 1.807) is 0 Å². The van der Waals surface area contributed by atoms with Gasteiger partial charge in [-0.2, -0.15) is 0 Å². The monoisotopic (exact) mass is 329 g/mol. The Kier molecular flexibility index (Phi) is 9.24. The third-order valence-electron chi connectivity index (χ3n) is 2.73. The van der Waals surface area contributed by atoms with Crippen molar-refractivity contribution in [3.05, 3.63) is 12.2 Å². The summed E-state index contributed by atoms with van der Waals surface area (Å²) in [7, 11) is 1.15. The Bertz CT molecular complexity index is 475. The molecule has 9 heteroatoms. The molecule has 5 N–H and O–H groups in total. The molecule has 130 valence electrons. The van der Waals surface area contributed by atoms with Crippen molar-refractivity contribution in [2.45, 2.75) is 32.4 Å². The maximum absolute atomic E-state index is 11.8. The maximum Gasteiger partial charge on any atom is 0.330 e. The van der Waals surface area contributed by atoms with Gasteiger partial charge in [-0.25, -0.2) is 9.59 Å². The largest absolute Gasteiger partial charge is 0.480 e. The first-order chi connectivity index (χ1) is 10.7. The summed E-state index contributed by atoms with van der Waals surface area (Å²) in [5, 5.41) is 13.6. The zero-order valence-electron chi connectivity index (χ0n) is 13.4. The van der Waals surface area contributed by atoms with Crippen LogP contribution in [0.3, 0.4) is 0 Å². The van der Waals surface area contributed by atoms with Gasteiger partial charge in [0, 0.05) is 18.7 Å². The Balaban J connectivity index is 4.50. The Morgan fingerprint density at radius 2 is 1.83 bits per heavy atom. The van der Waals surface area contributed by atoms with Gasteiger partial charge in [0.2, 0.25) is 11.8 Å². The average molecular weight is 329 g/mol. The van der Waals surface area contributed by atoms with Crippen molar-refractivity contribution >= 4 is 23.8 Å². The highest BCUT2D eigenvalue weighted by Crippen LogP contribution is 2.02. The third-order valence-corrected chi connectivity index (χ3v) is 2.73. The van der Waals surface area contributed by atoms with E-state index in [0.717, 1.165) is 19.3 Å². The summed E-state index contributed by atoms with van der Waals surface area (Å²) in [5.74, 6) is -3.15. The Hall–Kier alpha value is -2.42. The molecule has 9 nitrogen and oxygen atoms in total. The number of aliphatic carboxylic acids is 1. The number of rotatable bonds is 9. The van der Waals surface area contributed by atoms with Gasteiger partial charge in [-0.15, -0.1) is 0 Å². The molecule has 0 heterocycles. The first-order valence-corrected chi connectivity index (χ1v) is 7.00. The van der Waals surface area contributed by atoms with Gasteiger partial charge in [-0.05, 0) is 12.3 Å². The van der Waals surface area contributed by atoms with Crippen LogP contribution < -0.4 is 16.4 Å². The van der Waals surface area contributed by atoms with Crippen LogP contribution in [0, 0.1) is 5.92 Å². The zero-order valence-corrected chi connectivity index (χ0v) is 13.4. The molecule has 0 aliphatic rings. The zero-order chi connectivity index (χ0) is 18.0. The number of nitrogens with one attached hydrogen (secondary N) is 2. The number of ether oxygens (including phenoxy) is 1. The van der Waals surface area contributed by atoms with Gasteiger partial charge >= 0.3 is 11.9 Å². The number of amides is 2. The van der Waals surface area contributed by atoms with Gasteiger partial charge < -0.3 is 26.2 Å². The maximum atomic E-state index is 11.8. The molecule has 0 rings (SSSR count). The fourth-order valence-corrected chi connectivity index (χ4v) is 1.57. The minimum absolute atomic E-state index is 0.183. The number of carbonyl (C=O) groups excluding carboxylic acids is 3. The SMILES string of the molecule is COC(=O)/C=C/C(=O)NC[C@H](NC(=O)[C@@H](N)CC(C)C)C(=O)O. The highest BCUT2D eigenvalue weighted by molar-refractivity contribution is 5.95. The number of hydrogen-bond acceptors (Lipinski definition) is 6. The molecular formula is C14H23N3O6. The van der Waals surface area contributed by atoms with E-state index in [1.165, 1.54) is 0 Å². The van der Waals surface area contributed by atoms with Crippen LogP contribution in [0.5, 0.6) is 0 Å². The number of carbonyl (C=O) groups is 4. The highest BCUT2D eigenvalue weighted by atomic mass is 16.5. The predicted octanol–water partition coefficient (Wildman–Crippen LogP) is -1.23. The van der Waals surface area contributed by atoms with Crippen molar-refractivity contribution in [2.75, 3.05) is 13.7 Å². The summed E-state index contributed by atoms with van der Waals surface area (Å²) in [6.07, 6.45) is 2.20. The van der Waals surface area contributed by atoms with E-state index in [-0.39, 0.29) is 12.5 Å². The van der Waals surface area contributed by atoms with Crippen molar-refractivity contribution in [2.24, 2.45) is 11.7 Å². The van der Waals surface area contributed by atoms with Crippen LogP contribution in [0.1, 0.15) is 20.3 Å². The van der Waals surface area contributed by atoms with E-state index in [4.69, 9.17) is 10.8 Å². The van der Waals surface area contributed by atoms with Gasteiger partial charge in [0.1, 0.15) is 6.04 Å². The molecule has 0 unspecified atom stereocenters. The molecule has 0 radical (unpaired) electrons. The number of carboxylic acids is 1. The molecule has 0 aliphatic carbocycles. The summed E-state index contributed by atoms with van der Waals surface area (Å²) >= 11 is 0. The van der Waals surface area contributed by atoms with Gasteiger partial charge in [0.25, 0.3) is 0 Å². The van der Waals surface area contributed by atoms with Crippen LogP contribution in [0.4, 0.5) is 0 Å². The molecule has 0 aromatic heterocycles. The van der Waals surface area contributed by atoms with Crippen molar-refractivity contribution in [1.82, 2.24) is 10.6 Å². The molecule has 0 spiro atoms. The summed E-state index contributed by atoms with van der Waals surface area (Å²) < 4.78 is 4.30. The summed E-state index contributed by atoms with van der Waals surface area (Å²) in [5.41, 5.74) is 5.66. The van der Waals surface area contributed by atoms with Crippen LogP contribution in [-0.2, 0) is 23.9 Å². The lowest BCUT2D eigenvalue weighted by atomic mass is 10.0. The third kappa shape index (κ3) is 9.25. The summed E-state index contributed by atoms with van der Waals surface area (Å²) in [4.78, 5) is 45.1. The standard InChI is InChI=1S/C14H23N3O6/c1-8(2)6-9(15)13(20)17-10(14(21)22)7-16-11(18)4-5-12(19)23-3/h4-5,8-10H,6-7,15H2,1-3H3,(H,16,18)(H,17,20)(H,21,22)/b5-4+/t9-,10-/m0/s1. The second-order valence-corrected chi connectivity index (χ2v) is 5.24. The predicted molar refractivity (Wildman–Crippen MR) is 81.2 cm³/mol. The molecule has 0 aromatic rings. The van der Waals surface area contributed by atoms with Gasteiger partial charge in [0.15, 0.2) is 0 Å². The van der Waals surface area contributed by atoms with Crippen molar-refractivity contribution in [1.29, 1.82) is 0 Å². The average Bonchev–Trinajstić information content (AvgIpc) is 2.47. The molecule has 2 amide bonds. The second-order valence-electron chi connectivity index (χ2n) is 5.24. The second kappa shape index (κ2) is 10.3. The van der Waals surface area contributed by atoms with E-state index in [0.29, 0.717) is 6.42 Å². The fraction of sp³-hybridized carbons (Fsp3) is 0.571. The molecule has 0 aromatic carbocycles. The van der Waals surface area contributed by atoms with Gasteiger partial charge in [0.05, 0.1) is 13.2 Å². The van der Waals surface area contributed by atoms with Crippen molar-refractivity contribution < 1.29 is 29.0 Å². The minimum Gasteiger partial charge on any atom is -0.480 e. The lowest BCUT2D eigenvalue weighted by molar-refractivity contribution is -0.142. The lowest BCUT2D eigenvalue weighted by Gasteiger charge is -2.19. The van der Waals surface area contributed by atoms with E-state index >= 15 is 0 Å². The Labute approximate surface area is 134 Å². The molecule has 0 saturated carbocycles. The Morgan fingerprint density at radius 3 is 2.30 bits per heavy atom. The number of methoxy groups -OCH3 is 1. The molecule has 0 saturated heterocycles. The van der Waals surface area contributed by atoms with Gasteiger partial charge in [-0.3, -0.25) is 9.59 Å². The van der Waals surface area contributed by atoms with Crippen LogP contribution in [0.2, 0.25) is 0 Å². The molecular weight excluding hydrogens is 306 g/mol. The van der Waals surface area contributed by atoms with E-state index in [1.807, 2.05) is 13.8 Å². The molecule has 0 aliphatic heterocycles. The van der Waals surface area contributed by atoms with E-state index < -0.39 is 35.8 Å². The fourth-order valence-electron chi connectivity index (χ4n) is 1.57. The van der Waals surface area contributed by atoms with Crippen molar-refractivity contribution in [3.63, 3.8) is 0 Å². The number of esters is 1. The molecule has 2 atom stereocenters. The van der Waals surface area contributed by atoms with E-state index in [9.17, 15) is 19.2 Å². The van der Waals surface area contributed by atoms with Gasteiger partial charge in [-0.1, -0.05) is 13.8 Å². The van der Waals surface area contributed by atoms with Crippen molar-refractivity contribution in [3.8, 4) is 0 Å². The number of nitrogens with two attached hydrogens (primary N) is 1. The Morgan fingerprint density at radius 1 is 1.22 bits per heavy atom. The molecule has 0 fully saturated rings. The van der Waals surface area contributed by atoms with Crippen LogP contribution in [-0.4, -0.2) is 54.6 Å². The molecule has 0 bridgehead atoms. The van der Waals surface area contributed by atoms with E-state index in [2.05, 4.69) is 15.4 Å². The van der Waals surface area contributed by atoms with Crippen LogP contribution >= 0.6 is 0 Å². The van der Waals surface area contributed by atoms with Crippen LogP contribution in [0.25, 0.3) is 0 Å². The lowest BCUT2D eigenvalue weighted by Crippen LogP contribution is -2.53. The number of hydrogen-bond donors (Lipinski definition) is 4. The number of carboxylic acid groups (broad SMARTS) is 1. The van der Waals surface area contributed by atoms with Crippen LogP contribution in [0.15, 0.2) is 12.2 Å². The first-order valence-electron chi connectivity index (χ1n) is 7.00. The quantitative estimate of drug-likeness (QED) is 0.306. The molecule has 23 heavy (non-hydrogen) atoms. The first kappa shape index (κ1) is 20.6. The highest BCUT2D eigenvalue weighted by Gasteiger charge is 2.23.